The molecule has 3 rings (SSSR count). The zero-order valence-electron chi connectivity index (χ0n) is 16.6. The molecule has 0 aliphatic rings. The quantitative estimate of drug-likeness (QED) is 0.570. The molecular weight excluding hydrogens is 344 g/mol. The third-order valence-corrected chi connectivity index (χ3v) is 5.21. The highest BCUT2D eigenvalue weighted by Gasteiger charge is 2.28. The van der Waals surface area contributed by atoms with Gasteiger partial charge in [-0.3, -0.25) is 4.90 Å². The van der Waals surface area contributed by atoms with Gasteiger partial charge in [-0.25, -0.2) is 4.79 Å². The Bertz CT molecular complexity index is 884. The summed E-state index contributed by atoms with van der Waals surface area (Å²) >= 11 is 0. The van der Waals surface area contributed by atoms with Crippen LogP contribution in [0.1, 0.15) is 42.1 Å². The van der Waals surface area contributed by atoms with Crippen LogP contribution in [0.3, 0.4) is 0 Å². The number of carbonyl (C=O) groups is 1. The summed E-state index contributed by atoms with van der Waals surface area (Å²) in [4.78, 5) is 14.6. The predicted octanol–water partition coefficient (Wildman–Crippen LogP) is 5.68. The van der Waals surface area contributed by atoms with Gasteiger partial charge in [0.15, 0.2) is 0 Å². The van der Waals surface area contributed by atoms with Gasteiger partial charge < -0.3 is 5.73 Å². The maximum absolute atomic E-state index is 12.8. The van der Waals surface area contributed by atoms with Crippen molar-refractivity contribution in [3.8, 4) is 0 Å². The molecule has 3 heteroatoms. The molecule has 1 atom stereocenters. The lowest BCUT2D eigenvalue weighted by molar-refractivity contribution is 0.251. The molecule has 0 bridgehead atoms. The van der Waals surface area contributed by atoms with Crippen molar-refractivity contribution in [3.05, 3.63) is 101 Å². The number of carbonyl (C=O) groups excluding carboxylic acids is 1. The fourth-order valence-corrected chi connectivity index (χ4v) is 3.81. The Morgan fingerprint density at radius 1 is 0.821 bits per heavy atom. The Kier molecular flexibility index (Phi) is 6.49. The van der Waals surface area contributed by atoms with E-state index in [-0.39, 0.29) is 6.04 Å². The van der Waals surface area contributed by atoms with Crippen LogP contribution in [0, 0.1) is 0 Å². The summed E-state index contributed by atoms with van der Waals surface area (Å²) in [5.41, 5.74) is 11.5. The molecule has 28 heavy (non-hydrogen) atoms. The normalized spacial score (nSPS) is 11.8. The number of amides is 2. The lowest BCUT2D eigenvalue weighted by atomic mass is 9.94. The molecule has 1 unspecified atom stereocenters. The Balaban J connectivity index is 2.17. The topological polar surface area (TPSA) is 46.3 Å². The zero-order chi connectivity index (χ0) is 19.9. The van der Waals surface area contributed by atoms with Crippen LogP contribution in [0.15, 0.2) is 78.9 Å². The van der Waals surface area contributed by atoms with E-state index in [2.05, 4.69) is 56.3 Å². The number of rotatable bonds is 7. The van der Waals surface area contributed by atoms with Crippen molar-refractivity contribution in [1.82, 2.24) is 0 Å². The Morgan fingerprint density at radius 3 is 1.86 bits per heavy atom. The van der Waals surface area contributed by atoms with Gasteiger partial charge in [-0.15, -0.1) is 0 Å². The number of benzene rings is 3. The number of nitrogens with two attached hydrogens (primary N) is 1. The van der Waals surface area contributed by atoms with E-state index in [0.29, 0.717) is 6.42 Å². The predicted molar refractivity (Wildman–Crippen MR) is 117 cm³/mol. The molecule has 3 aromatic rings. The van der Waals surface area contributed by atoms with Crippen molar-refractivity contribution in [3.63, 3.8) is 0 Å². The molecule has 0 fully saturated rings. The van der Waals surface area contributed by atoms with Crippen LogP contribution < -0.4 is 10.6 Å². The van der Waals surface area contributed by atoms with Gasteiger partial charge in [-0.05, 0) is 41.5 Å². The molecule has 0 saturated heterocycles. The molecular formula is C25H28N2O. The van der Waals surface area contributed by atoms with Gasteiger partial charge in [0.05, 0.1) is 11.7 Å². The molecule has 0 saturated carbocycles. The van der Waals surface area contributed by atoms with Crippen molar-refractivity contribution in [2.75, 3.05) is 4.90 Å². The number of nitrogens with zero attached hydrogens (tertiary/aromatic N) is 1. The maximum atomic E-state index is 12.8. The summed E-state index contributed by atoms with van der Waals surface area (Å²) in [6, 6.07) is 26.1. The molecule has 2 amide bonds. The average molecular weight is 373 g/mol. The van der Waals surface area contributed by atoms with E-state index < -0.39 is 6.03 Å². The minimum absolute atomic E-state index is 0.168. The smallest absolute Gasteiger partial charge is 0.319 e. The minimum atomic E-state index is -0.416. The van der Waals surface area contributed by atoms with Crippen molar-refractivity contribution in [2.24, 2.45) is 5.73 Å². The molecule has 3 nitrogen and oxygen atoms in total. The first-order valence-corrected chi connectivity index (χ1v) is 9.94. The van der Waals surface area contributed by atoms with Gasteiger partial charge in [-0.1, -0.05) is 92.7 Å². The number of primary amides is 1. The molecule has 0 heterocycles. The van der Waals surface area contributed by atoms with Gasteiger partial charge in [-0.2, -0.15) is 0 Å². The van der Waals surface area contributed by atoms with Crippen molar-refractivity contribution >= 4 is 11.7 Å². The molecule has 2 N–H and O–H groups in total. The summed E-state index contributed by atoms with van der Waals surface area (Å²) in [6.45, 7) is 4.23. The average Bonchev–Trinajstić information content (AvgIpc) is 2.74. The van der Waals surface area contributed by atoms with Gasteiger partial charge in [0.25, 0.3) is 0 Å². The molecule has 0 spiro atoms. The maximum Gasteiger partial charge on any atom is 0.319 e. The molecule has 0 radical (unpaired) electrons. The molecule has 3 aromatic carbocycles. The molecule has 0 aromatic heterocycles. The lowest BCUT2D eigenvalue weighted by Gasteiger charge is -2.34. The van der Waals surface area contributed by atoms with Crippen LogP contribution in [0.4, 0.5) is 10.5 Å². The summed E-state index contributed by atoms with van der Waals surface area (Å²) in [5, 5.41) is 0. The van der Waals surface area contributed by atoms with Crippen LogP contribution in [0.2, 0.25) is 0 Å². The first-order valence-electron chi connectivity index (χ1n) is 9.94. The van der Waals surface area contributed by atoms with E-state index >= 15 is 0 Å². The second kappa shape index (κ2) is 9.23. The molecule has 0 aliphatic heterocycles. The summed E-state index contributed by atoms with van der Waals surface area (Å²) in [5.74, 6) is 0. The third kappa shape index (κ3) is 4.25. The first kappa shape index (κ1) is 19.7. The summed E-state index contributed by atoms with van der Waals surface area (Å²) in [6.07, 6.45) is 2.40. The Labute approximate surface area is 167 Å². The number of hydrogen-bond acceptors (Lipinski definition) is 1. The van der Waals surface area contributed by atoms with E-state index in [0.717, 1.165) is 35.2 Å². The monoisotopic (exact) mass is 372 g/mol. The number of para-hydroxylation sites is 1. The van der Waals surface area contributed by atoms with Gasteiger partial charge in [0, 0.05) is 0 Å². The van der Waals surface area contributed by atoms with Crippen LogP contribution in [-0.4, -0.2) is 6.03 Å². The zero-order valence-corrected chi connectivity index (χ0v) is 16.6. The fraction of sp³-hybridized carbons (Fsp3) is 0.240. The van der Waals surface area contributed by atoms with E-state index in [9.17, 15) is 4.79 Å². The van der Waals surface area contributed by atoms with E-state index in [1.807, 2.05) is 36.4 Å². The van der Waals surface area contributed by atoms with Gasteiger partial charge >= 0.3 is 6.03 Å². The highest BCUT2D eigenvalue weighted by atomic mass is 16.2. The Hall–Kier alpha value is -3.07. The first-order chi connectivity index (χ1) is 13.7. The molecule has 0 aliphatic carbocycles. The SMILES string of the molecule is CCc1cccc(CC)c1N(C(N)=O)C(Cc1ccccc1)c1ccccc1. The van der Waals surface area contributed by atoms with Gasteiger partial charge in [0.2, 0.25) is 0 Å². The minimum Gasteiger partial charge on any atom is -0.351 e. The highest BCUT2D eigenvalue weighted by molar-refractivity contribution is 5.93. The number of urea groups is 1. The standard InChI is InChI=1S/C25H28N2O/c1-3-20-16-11-17-21(4-2)24(20)27(25(26)28)23(22-14-9-6-10-15-22)18-19-12-7-5-8-13-19/h5-17,23H,3-4,18H2,1-2H3,(H2,26,28). The van der Waals surface area contributed by atoms with E-state index in [1.165, 1.54) is 5.56 Å². The number of anilines is 1. The van der Waals surface area contributed by atoms with Crippen LogP contribution in [-0.2, 0) is 19.3 Å². The largest absolute Gasteiger partial charge is 0.351 e. The van der Waals surface area contributed by atoms with Crippen molar-refractivity contribution in [2.45, 2.75) is 39.2 Å². The van der Waals surface area contributed by atoms with Crippen LogP contribution in [0.25, 0.3) is 0 Å². The Morgan fingerprint density at radius 2 is 1.36 bits per heavy atom. The van der Waals surface area contributed by atoms with Crippen LogP contribution in [0.5, 0.6) is 0 Å². The highest BCUT2D eigenvalue weighted by Crippen LogP contribution is 2.35. The van der Waals surface area contributed by atoms with Crippen LogP contribution >= 0.6 is 0 Å². The van der Waals surface area contributed by atoms with Gasteiger partial charge in [0.1, 0.15) is 0 Å². The van der Waals surface area contributed by atoms with E-state index in [4.69, 9.17) is 5.73 Å². The third-order valence-electron chi connectivity index (χ3n) is 5.21. The fourth-order valence-electron chi connectivity index (χ4n) is 3.81. The number of aryl methyl sites for hydroxylation is 2. The molecule has 144 valence electrons. The second-order valence-corrected chi connectivity index (χ2v) is 6.96. The van der Waals surface area contributed by atoms with E-state index in [1.54, 1.807) is 4.90 Å². The lowest BCUT2D eigenvalue weighted by Crippen LogP contribution is -2.41. The summed E-state index contributed by atoms with van der Waals surface area (Å²) in [7, 11) is 0. The summed E-state index contributed by atoms with van der Waals surface area (Å²) < 4.78 is 0. The van der Waals surface area contributed by atoms with Crippen molar-refractivity contribution < 1.29 is 4.79 Å². The van der Waals surface area contributed by atoms with Crippen molar-refractivity contribution in [1.29, 1.82) is 0 Å². The second-order valence-electron chi connectivity index (χ2n) is 6.96. The number of hydrogen-bond donors (Lipinski definition) is 1.